The van der Waals surface area contributed by atoms with Crippen LogP contribution in [0.4, 0.5) is 8.78 Å². The van der Waals surface area contributed by atoms with Gasteiger partial charge < -0.3 is 25.8 Å². The van der Waals surface area contributed by atoms with Gasteiger partial charge in [-0.3, -0.25) is 0 Å². The summed E-state index contributed by atoms with van der Waals surface area (Å²) in [4.78, 5) is 0. The molecular formula is C6H11F2NO4. The fourth-order valence-corrected chi connectivity index (χ4v) is 1.12. The molecule has 1 rings (SSSR count). The van der Waals surface area contributed by atoms with Crippen LogP contribution in [0.1, 0.15) is 0 Å². The van der Waals surface area contributed by atoms with E-state index in [1.54, 1.807) is 0 Å². The molecule has 1 fully saturated rings. The number of halogens is 2. The van der Waals surface area contributed by atoms with Crippen LogP contribution in [-0.2, 0) is 4.74 Å². The molecule has 7 heteroatoms. The van der Waals surface area contributed by atoms with E-state index in [9.17, 15) is 8.78 Å². The highest BCUT2D eigenvalue weighted by Gasteiger charge is 2.56. The molecule has 0 aliphatic carbocycles. The summed E-state index contributed by atoms with van der Waals surface area (Å²) in [5.74, 6) is -3.66. The number of hydrogen-bond donors (Lipinski definition) is 4. The van der Waals surface area contributed by atoms with Crippen LogP contribution in [0.15, 0.2) is 0 Å². The van der Waals surface area contributed by atoms with Gasteiger partial charge in [-0.25, -0.2) is 8.78 Å². The first kappa shape index (κ1) is 10.7. The number of aliphatic hydroxyl groups excluding tert-OH is 3. The van der Waals surface area contributed by atoms with E-state index in [0.29, 0.717) is 0 Å². The van der Waals surface area contributed by atoms with Crippen molar-refractivity contribution < 1.29 is 28.8 Å². The Hall–Kier alpha value is -0.340. The standard InChI is InChI=1S/C6H11F2NO4/c7-6(8)3(9)5(12)13-2(1-10)4(6)11/h2-5,10-12H,1,9H2/t2-,3-,4-,5?/m1/s1. The molecule has 5 nitrogen and oxygen atoms in total. The summed E-state index contributed by atoms with van der Waals surface area (Å²) in [5, 5.41) is 26.4. The summed E-state index contributed by atoms with van der Waals surface area (Å²) in [6.45, 7) is -0.805. The predicted molar refractivity (Wildman–Crippen MR) is 36.9 cm³/mol. The minimum absolute atomic E-state index is 0.805. The van der Waals surface area contributed by atoms with Gasteiger partial charge in [-0.1, -0.05) is 0 Å². The van der Waals surface area contributed by atoms with Crippen molar-refractivity contribution >= 4 is 0 Å². The molecule has 0 aromatic carbocycles. The predicted octanol–water partition coefficient (Wildman–Crippen LogP) is -1.98. The SMILES string of the molecule is N[C@@H]1C(O)O[C@H](CO)[C@@H](O)C1(F)F. The fourth-order valence-electron chi connectivity index (χ4n) is 1.12. The van der Waals surface area contributed by atoms with Crippen LogP contribution in [-0.4, -0.2) is 52.4 Å². The highest BCUT2D eigenvalue weighted by atomic mass is 19.3. The van der Waals surface area contributed by atoms with Gasteiger partial charge in [0.1, 0.15) is 18.2 Å². The molecule has 0 aromatic heterocycles. The molecule has 0 spiro atoms. The highest BCUT2D eigenvalue weighted by molar-refractivity contribution is 4.97. The van der Waals surface area contributed by atoms with Crippen LogP contribution in [0.25, 0.3) is 0 Å². The number of hydrogen-bond acceptors (Lipinski definition) is 5. The van der Waals surface area contributed by atoms with Crippen LogP contribution < -0.4 is 5.73 Å². The maximum atomic E-state index is 13.0. The Kier molecular flexibility index (Phi) is 2.83. The Balaban J connectivity index is 2.82. The van der Waals surface area contributed by atoms with Crippen molar-refractivity contribution in [3.63, 3.8) is 0 Å². The monoisotopic (exact) mass is 199 g/mol. The van der Waals surface area contributed by atoms with E-state index in [1.807, 2.05) is 0 Å². The van der Waals surface area contributed by atoms with E-state index in [4.69, 9.17) is 21.1 Å². The number of rotatable bonds is 1. The van der Waals surface area contributed by atoms with Gasteiger partial charge in [-0.2, -0.15) is 0 Å². The van der Waals surface area contributed by atoms with Crippen molar-refractivity contribution in [3.05, 3.63) is 0 Å². The average molecular weight is 199 g/mol. The summed E-state index contributed by atoms with van der Waals surface area (Å²) in [6, 6.07) is -1.98. The first-order valence-corrected chi connectivity index (χ1v) is 3.67. The smallest absolute Gasteiger partial charge is 0.295 e. The van der Waals surface area contributed by atoms with E-state index < -0.39 is 37.1 Å². The Morgan fingerprint density at radius 2 is 1.92 bits per heavy atom. The average Bonchev–Trinajstić information content (AvgIpc) is 2.09. The molecule has 5 N–H and O–H groups in total. The van der Waals surface area contributed by atoms with Crippen molar-refractivity contribution in [2.45, 2.75) is 30.5 Å². The lowest BCUT2D eigenvalue weighted by Gasteiger charge is -2.40. The zero-order chi connectivity index (χ0) is 10.2. The third kappa shape index (κ3) is 1.65. The van der Waals surface area contributed by atoms with E-state index in [1.165, 1.54) is 0 Å². The van der Waals surface area contributed by atoms with Gasteiger partial charge in [-0.05, 0) is 0 Å². The lowest BCUT2D eigenvalue weighted by molar-refractivity contribution is -0.296. The summed E-state index contributed by atoms with van der Waals surface area (Å²) in [7, 11) is 0. The van der Waals surface area contributed by atoms with Crippen molar-refractivity contribution in [3.8, 4) is 0 Å². The molecule has 78 valence electrons. The Morgan fingerprint density at radius 1 is 1.38 bits per heavy atom. The number of aliphatic hydroxyl groups is 3. The lowest BCUT2D eigenvalue weighted by Crippen LogP contribution is -2.65. The molecule has 0 amide bonds. The van der Waals surface area contributed by atoms with Gasteiger partial charge in [0.05, 0.1) is 6.61 Å². The van der Waals surface area contributed by atoms with Gasteiger partial charge in [0.2, 0.25) is 0 Å². The molecule has 0 aromatic rings. The maximum absolute atomic E-state index is 13.0. The quantitative estimate of drug-likeness (QED) is 0.392. The van der Waals surface area contributed by atoms with Crippen molar-refractivity contribution in [2.75, 3.05) is 6.61 Å². The first-order chi connectivity index (χ1) is 5.91. The summed E-state index contributed by atoms with van der Waals surface area (Å²) in [5.41, 5.74) is 4.90. The molecule has 0 saturated carbocycles. The van der Waals surface area contributed by atoms with Crippen LogP contribution >= 0.6 is 0 Å². The summed E-state index contributed by atoms with van der Waals surface area (Å²) in [6.07, 6.45) is -5.59. The van der Waals surface area contributed by atoms with Gasteiger partial charge in [0, 0.05) is 0 Å². The third-order valence-corrected chi connectivity index (χ3v) is 1.99. The number of ether oxygens (including phenoxy) is 1. The Morgan fingerprint density at radius 3 is 2.38 bits per heavy atom. The Bertz CT molecular complexity index is 191. The molecule has 1 aliphatic rings. The topological polar surface area (TPSA) is 95.9 Å². The zero-order valence-electron chi connectivity index (χ0n) is 6.60. The van der Waals surface area contributed by atoms with E-state index in [2.05, 4.69) is 4.74 Å². The van der Waals surface area contributed by atoms with Crippen molar-refractivity contribution in [1.29, 1.82) is 0 Å². The summed E-state index contributed by atoms with van der Waals surface area (Å²) < 4.78 is 30.4. The van der Waals surface area contributed by atoms with Crippen LogP contribution in [0, 0.1) is 0 Å². The molecule has 1 unspecified atom stereocenters. The normalized spacial score (nSPS) is 44.8. The summed E-state index contributed by atoms with van der Waals surface area (Å²) >= 11 is 0. The van der Waals surface area contributed by atoms with Crippen molar-refractivity contribution in [1.82, 2.24) is 0 Å². The number of nitrogens with two attached hydrogens (primary N) is 1. The minimum atomic E-state index is -3.66. The largest absolute Gasteiger partial charge is 0.394 e. The third-order valence-electron chi connectivity index (χ3n) is 1.99. The molecule has 0 radical (unpaired) electrons. The maximum Gasteiger partial charge on any atom is 0.295 e. The molecule has 1 saturated heterocycles. The Labute approximate surface area is 72.7 Å². The highest BCUT2D eigenvalue weighted by Crippen LogP contribution is 2.32. The van der Waals surface area contributed by atoms with Gasteiger partial charge in [0.25, 0.3) is 5.92 Å². The second-order valence-electron chi connectivity index (χ2n) is 2.89. The lowest BCUT2D eigenvalue weighted by atomic mass is 9.97. The van der Waals surface area contributed by atoms with Crippen LogP contribution in [0.2, 0.25) is 0 Å². The molecule has 1 heterocycles. The minimum Gasteiger partial charge on any atom is -0.394 e. The second kappa shape index (κ2) is 3.43. The van der Waals surface area contributed by atoms with Crippen LogP contribution in [0.5, 0.6) is 0 Å². The van der Waals surface area contributed by atoms with Crippen molar-refractivity contribution in [2.24, 2.45) is 5.73 Å². The van der Waals surface area contributed by atoms with Gasteiger partial charge >= 0.3 is 0 Å². The molecular weight excluding hydrogens is 188 g/mol. The van der Waals surface area contributed by atoms with E-state index in [0.717, 1.165) is 0 Å². The van der Waals surface area contributed by atoms with E-state index >= 15 is 0 Å². The van der Waals surface area contributed by atoms with Crippen LogP contribution in [0.3, 0.4) is 0 Å². The molecule has 0 bridgehead atoms. The number of alkyl halides is 2. The molecule has 4 atom stereocenters. The first-order valence-electron chi connectivity index (χ1n) is 3.67. The van der Waals surface area contributed by atoms with E-state index in [-0.39, 0.29) is 0 Å². The fraction of sp³-hybridized carbons (Fsp3) is 1.00. The molecule has 13 heavy (non-hydrogen) atoms. The van der Waals surface area contributed by atoms with Gasteiger partial charge in [-0.15, -0.1) is 0 Å². The second-order valence-corrected chi connectivity index (χ2v) is 2.89. The zero-order valence-corrected chi connectivity index (χ0v) is 6.60. The van der Waals surface area contributed by atoms with Gasteiger partial charge in [0.15, 0.2) is 6.29 Å². The molecule has 1 aliphatic heterocycles.